The normalized spacial score (nSPS) is 13.7. The number of carbonyl (C=O) groups is 3. The lowest BCUT2D eigenvalue weighted by atomic mass is 10.3. The first-order valence-electron chi connectivity index (χ1n) is 7.57. The maximum atomic E-state index is 12.2. The van der Waals surface area contributed by atoms with Crippen molar-refractivity contribution in [2.75, 3.05) is 33.4 Å². The maximum absolute atomic E-state index is 12.2. The van der Waals surface area contributed by atoms with Gasteiger partial charge in [-0.15, -0.1) is 0 Å². The van der Waals surface area contributed by atoms with Gasteiger partial charge in [0.05, 0.1) is 26.6 Å². The van der Waals surface area contributed by atoms with Crippen molar-refractivity contribution in [2.24, 2.45) is 0 Å². The van der Waals surface area contributed by atoms with E-state index in [0.717, 1.165) is 6.42 Å². The summed E-state index contributed by atoms with van der Waals surface area (Å²) >= 11 is 5.26. The Hall–Kier alpha value is -1.90. The molecule has 9 heteroatoms. The van der Waals surface area contributed by atoms with Crippen LogP contribution in [0.25, 0.3) is 0 Å². The number of nitrogens with one attached hydrogen (secondary N) is 1. The Bertz CT molecular complexity index is 458. The van der Waals surface area contributed by atoms with Gasteiger partial charge in [-0.2, -0.15) is 0 Å². The highest BCUT2D eigenvalue weighted by atomic mass is 32.1. The van der Waals surface area contributed by atoms with E-state index < -0.39 is 5.97 Å². The molecule has 1 fully saturated rings. The zero-order chi connectivity index (χ0) is 17.2. The van der Waals surface area contributed by atoms with E-state index in [1.165, 1.54) is 12.1 Å². The number of methoxy groups -OCH3 is 1. The Morgan fingerprint density at radius 1 is 1.09 bits per heavy atom. The molecule has 1 amide bonds. The second kappa shape index (κ2) is 9.98. The number of carbonyl (C=O) groups excluding carboxylic acids is 3. The summed E-state index contributed by atoms with van der Waals surface area (Å²) in [6.07, 6.45) is 1.12. The summed E-state index contributed by atoms with van der Waals surface area (Å²) in [6.45, 7) is 3.61. The summed E-state index contributed by atoms with van der Waals surface area (Å²) in [7, 11) is 1.29. The molecule has 1 heterocycles. The molecule has 0 saturated carbocycles. The number of rotatable bonds is 7. The van der Waals surface area contributed by atoms with E-state index in [0.29, 0.717) is 31.4 Å². The SMILES string of the molecule is CCOC(=O)CCNC(=S)N1CCCN1C(=O)CCC(=O)OC. The summed E-state index contributed by atoms with van der Waals surface area (Å²) in [5.74, 6) is -0.892. The van der Waals surface area contributed by atoms with E-state index in [1.54, 1.807) is 11.9 Å². The molecule has 1 rings (SSSR count). The van der Waals surface area contributed by atoms with Crippen LogP contribution in [0.15, 0.2) is 0 Å². The predicted molar refractivity (Wildman–Crippen MR) is 86.1 cm³/mol. The fourth-order valence-corrected chi connectivity index (χ4v) is 2.41. The molecule has 1 saturated heterocycles. The summed E-state index contributed by atoms with van der Waals surface area (Å²) in [5, 5.41) is 6.53. The molecule has 0 spiro atoms. The molecular formula is C14H23N3O5S. The van der Waals surface area contributed by atoms with Gasteiger partial charge in [0.1, 0.15) is 0 Å². The molecule has 0 aromatic carbocycles. The third-order valence-electron chi connectivity index (χ3n) is 3.23. The van der Waals surface area contributed by atoms with Gasteiger partial charge < -0.3 is 14.8 Å². The van der Waals surface area contributed by atoms with Crippen molar-refractivity contribution in [1.82, 2.24) is 15.3 Å². The fourth-order valence-electron chi connectivity index (χ4n) is 2.12. The van der Waals surface area contributed by atoms with Gasteiger partial charge in [0.25, 0.3) is 0 Å². The van der Waals surface area contributed by atoms with Crippen LogP contribution >= 0.6 is 12.2 Å². The number of thiocarbonyl (C=S) groups is 1. The summed E-state index contributed by atoms with van der Waals surface area (Å²) in [4.78, 5) is 34.5. The number of nitrogens with zero attached hydrogens (tertiary/aromatic N) is 2. The molecule has 130 valence electrons. The molecule has 0 atom stereocenters. The van der Waals surface area contributed by atoms with Gasteiger partial charge in [-0.3, -0.25) is 24.4 Å². The molecule has 8 nitrogen and oxygen atoms in total. The second-order valence-electron chi connectivity index (χ2n) is 4.86. The summed E-state index contributed by atoms with van der Waals surface area (Å²) < 4.78 is 9.36. The van der Waals surface area contributed by atoms with E-state index in [1.807, 2.05) is 0 Å². The Balaban J connectivity index is 2.41. The quantitative estimate of drug-likeness (QED) is 0.518. The van der Waals surface area contributed by atoms with E-state index in [4.69, 9.17) is 17.0 Å². The lowest BCUT2D eigenvalue weighted by Gasteiger charge is -2.30. The maximum Gasteiger partial charge on any atom is 0.307 e. The standard InChI is InChI=1S/C14H23N3O5S/c1-3-22-13(20)7-8-15-14(23)17-10-4-9-16(17)11(18)5-6-12(19)21-2/h3-10H2,1-2H3,(H,15,23). The van der Waals surface area contributed by atoms with Gasteiger partial charge >= 0.3 is 11.9 Å². The minimum atomic E-state index is -0.417. The van der Waals surface area contributed by atoms with E-state index in [2.05, 4.69) is 10.1 Å². The second-order valence-corrected chi connectivity index (χ2v) is 5.24. The molecule has 23 heavy (non-hydrogen) atoms. The van der Waals surface area contributed by atoms with Crippen LogP contribution in [-0.2, 0) is 23.9 Å². The molecule has 0 aromatic heterocycles. The average molecular weight is 345 g/mol. The van der Waals surface area contributed by atoms with Crippen LogP contribution in [0.2, 0.25) is 0 Å². The van der Waals surface area contributed by atoms with Crippen molar-refractivity contribution in [3.8, 4) is 0 Å². The van der Waals surface area contributed by atoms with Crippen molar-refractivity contribution in [2.45, 2.75) is 32.6 Å². The van der Waals surface area contributed by atoms with Crippen LogP contribution in [0.4, 0.5) is 0 Å². The lowest BCUT2D eigenvalue weighted by Crippen LogP contribution is -2.49. The van der Waals surface area contributed by atoms with E-state index in [-0.39, 0.29) is 31.1 Å². The number of hydrogen-bond donors (Lipinski definition) is 1. The summed E-state index contributed by atoms with van der Waals surface area (Å²) in [5.41, 5.74) is 0. The van der Waals surface area contributed by atoms with Crippen LogP contribution in [0.1, 0.15) is 32.6 Å². The van der Waals surface area contributed by atoms with Crippen molar-refractivity contribution in [1.29, 1.82) is 0 Å². The molecule has 1 aliphatic heterocycles. The number of hydrazine groups is 1. The first kappa shape index (κ1) is 19.1. The van der Waals surface area contributed by atoms with E-state index >= 15 is 0 Å². The van der Waals surface area contributed by atoms with Crippen molar-refractivity contribution in [3.63, 3.8) is 0 Å². The molecule has 0 aliphatic carbocycles. The predicted octanol–water partition coefficient (Wildman–Crippen LogP) is 0.217. The van der Waals surface area contributed by atoms with Crippen LogP contribution in [0, 0.1) is 0 Å². The van der Waals surface area contributed by atoms with Gasteiger partial charge in [-0.25, -0.2) is 0 Å². The van der Waals surface area contributed by atoms with Gasteiger partial charge in [0.15, 0.2) is 5.11 Å². The van der Waals surface area contributed by atoms with Gasteiger partial charge in [0.2, 0.25) is 5.91 Å². The zero-order valence-corrected chi connectivity index (χ0v) is 14.3. The fraction of sp³-hybridized carbons (Fsp3) is 0.714. The third kappa shape index (κ3) is 6.39. The van der Waals surface area contributed by atoms with E-state index in [9.17, 15) is 14.4 Å². The Labute approximate surface area is 141 Å². The van der Waals surface area contributed by atoms with Crippen molar-refractivity contribution < 1.29 is 23.9 Å². The van der Waals surface area contributed by atoms with Crippen molar-refractivity contribution in [3.05, 3.63) is 0 Å². The zero-order valence-electron chi connectivity index (χ0n) is 13.5. The largest absolute Gasteiger partial charge is 0.469 e. The molecule has 0 unspecified atom stereocenters. The molecule has 1 N–H and O–H groups in total. The molecule has 0 radical (unpaired) electrons. The minimum absolute atomic E-state index is 0.0444. The minimum Gasteiger partial charge on any atom is -0.469 e. The third-order valence-corrected chi connectivity index (χ3v) is 3.59. The average Bonchev–Trinajstić information content (AvgIpc) is 3.02. The number of hydrogen-bond acceptors (Lipinski definition) is 6. The first-order valence-corrected chi connectivity index (χ1v) is 7.98. The first-order chi connectivity index (χ1) is 11.0. The topological polar surface area (TPSA) is 88.2 Å². The monoisotopic (exact) mass is 345 g/mol. The number of ether oxygens (including phenoxy) is 2. The summed E-state index contributed by atoms with van der Waals surface area (Å²) in [6, 6.07) is 0. The highest BCUT2D eigenvalue weighted by molar-refractivity contribution is 7.80. The van der Waals surface area contributed by atoms with Gasteiger partial charge in [-0.1, -0.05) is 0 Å². The van der Waals surface area contributed by atoms with Gasteiger partial charge in [-0.05, 0) is 25.6 Å². The Morgan fingerprint density at radius 2 is 1.78 bits per heavy atom. The van der Waals surface area contributed by atoms with Crippen LogP contribution < -0.4 is 5.32 Å². The molecule has 0 aromatic rings. The Morgan fingerprint density at radius 3 is 2.43 bits per heavy atom. The van der Waals surface area contributed by atoms with Crippen LogP contribution in [0.5, 0.6) is 0 Å². The molecular weight excluding hydrogens is 322 g/mol. The van der Waals surface area contributed by atoms with Crippen LogP contribution in [0.3, 0.4) is 0 Å². The highest BCUT2D eigenvalue weighted by Gasteiger charge is 2.28. The number of esters is 2. The highest BCUT2D eigenvalue weighted by Crippen LogP contribution is 2.13. The number of amides is 1. The lowest BCUT2D eigenvalue weighted by molar-refractivity contribution is -0.146. The Kier molecular flexibility index (Phi) is 8.31. The molecule has 0 bridgehead atoms. The van der Waals surface area contributed by atoms with Gasteiger partial charge in [0, 0.05) is 26.1 Å². The molecule has 1 aliphatic rings. The van der Waals surface area contributed by atoms with Crippen molar-refractivity contribution >= 4 is 35.2 Å². The smallest absolute Gasteiger partial charge is 0.307 e. The van der Waals surface area contributed by atoms with Crippen LogP contribution in [-0.4, -0.2) is 66.3 Å².